The van der Waals surface area contributed by atoms with E-state index in [-0.39, 0.29) is 5.92 Å². The Morgan fingerprint density at radius 2 is 2.22 bits per heavy atom. The molecule has 2 N–H and O–H groups in total. The number of primary amides is 1. The van der Waals surface area contributed by atoms with Crippen LogP contribution < -0.4 is 5.73 Å². The number of hydrogen-bond acceptors (Lipinski definition) is 4. The molecule has 0 bridgehead atoms. The van der Waals surface area contributed by atoms with Gasteiger partial charge in [0.2, 0.25) is 5.91 Å². The van der Waals surface area contributed by atoms with Crippen molar-refractivity contribution in [3.8, 4) is 0 Å². The Hall–Kier alpha value is -1.91. The highest BCUT2D eigenvalue weighted by Crippen LogP contribution is 2.40. The predicted octanol–water partition coefficient (Wildman–Crippen LogP) is 2.32. The van der Waals surface area contributed by atoms with Gasteiger partial charge in [0.05, 0.1) is 16.6 Å². The number of fused-ring (bicyclic) bond motifs is 1. The smallest absolute Gasteiger partial charge is 0.259 e. The zero-order chi connectivity index (χ0) is 12.9. The van der Waals surface area contributed by atoms with Crippen LogP contribution in [0.1, 0.15) is 60.3 Å². The summed E-state index contributed by atoms with van der Waals surface area (Å²) in [7, 11) is 0. The van der Waals surface area contributed by atoms with Crippen LogP contribution >= 0.6 is 0 Å². The molecule has 1 aliphatic carbocycles. The van der Waals surface area contributed by atoms with E-state index >= 15 is 0 Å². The summed E-state index contributed by atoms with van der Waals surface area (Å²) in [6, 6.07) is 1.80. The number of amides is 1. The van der Waals surface area contributed by atoms with Crippen LogP contribution in [-0.2, 0) is 0 Å². The number of hydrogen-bond donors (Lipinski definition) is 1. The van der Waals surface area contributed by atoms with Gasteiger partial charge in [-0.3, -0.25) is 4.79 Å². The van der Waals surface area contributed by atoms with Crippen LogP contribution in [0.3, 0.4) is 0 Å². The van der Waals surface area contributed by atoms with E-state index in [2.05, 4.69) is 10.1 Å². The third kappa shape index (κ3) is 1.66. The van der Waals surface area contributed by atoms with E-state index in [9.17, 15) is 4.79 Å². The van der Waals surface area contributed by atoms with Gasteiger partial charge in [-0.05, 0) is 24.8 Å². The van der Waals surface area contributed by atoms with Crippen LogP contribution in [0, 0.1) is 0 Å². The summed E-state index contributed by atoms with van der Waals surface area (Å²) in [5.74, 6) is 0.160. The molecule has 94 valence electrons. The molecule has 1 fully saturated rings. The van der Waals surface area contributed by atoms with E-state index in [1.165, 1.54) is 0 Å². The molecule has 18 heavy (non-hydrogen) atoms. The molecule has 0 unspecified atom stereocenters. The Balaban J connectivity index is 2.28. The third-order valence-electron chi connectivity index (χ3n) is 3.30. The van der Waals surface area contributed by atoms with Crippen molar-refractivity contribution in [2.75, 3.05) is 0 Å². The maximum Gasteiger partial charge on any atom is 0.259 e. The van der Waals surface area contributed by atoms with Gasteiger partial charge in [0, 0.05) is 11.6 Å². The first-order chi connectivity index (χ1) is 8.58. The van der Waals surface area contributed by atoms with E-state index in [0.717, 1.165) is 24.2 Å². The zero-order valence-corrected chi connectivity index (χ0v) is 10.4. The summed E-state index contributed by atoms with van der Waals surface area (Å²) in [5, 5.41) is 4.68. The molecule has 3 rings (SSSR count). The second-order valence-electron chi connectivity index (χ2n) is 5.14. The summed E-state index contributed by atoms with van der Waals surface area (Å²) in [6.45, 7) is 3.99. The Kier molecular flexibility index (Phi) is 2.36. The van der Waals surface area contributed by atoms with Gasteiger partial charge in [-0.15, -0.1) is 0 Å². The lowest BCUT2D eigenvalue weighted by Crippen LogP contribution is -2.13. The average Bonchev–Trinajstić information content (AvgIpc) is 3.07. The maximum atomic E-state index is 11.6. The minimum Gasteiger partial charge on any atom is -0.366 e. The molecule has 1 amide bonds. The van der Waals surface area contributed by atoms with E-state index in [1.807, 2.05) is 13.8 Å². The number of carbonyl (C=O) groups excluding carboxylic acids is 1. The summed E-state index contributed by atoms with van der Waals surface area (Å²) >= 11 is 0. The first-order valence-corrected chi connectivity index (χ1v) is 6.18. The van der Waals surface area contributed by atoms with Gasteiger partial charge in [0.15, 0.2) is 0 Å². The molecule has 2 aromatic heterocycles. The molecule has 1 saturated carbocycles. The van der Waals surface area contributed by atoms with Gasteiger partial charge in [-0.2, -0.15) is 0 Å². The Bertz CT molecular complexity index is 626. The van der Waals surface area contributed by atoms with E-state index in [0.29, 0.717) is 22.6 Å². The fourth-order valence-corrected chi connectivity index (χ4v) is 2.17. The highest BCUT2D eigenvalue weighted by Gasteiger charge is 2.28. The van der Waals surface area contributed by atoms with Crippen molar-refractivity contribution in [2.45, 2.75) is 38.5 Å². The highest BCUT2D eigenvalue weighted by atomic mass is 16.5. The molecule has 0 atom stereocenters. The van der Waals surface area contributed by atoms with Crippen LogP contribution in [0.5, 0.6) is 0 Å². The van der Waals surface area contributed by atoms with Crippen LogP contribution in [0.4, 0.5) is 0 Å². The molecule has 0 spiro atoms. The minimum atomic E-state index is -0.450. The second kappa shape index (κ2) is 3.80. The van der Waals surface area contributed by atoms with Gasteiger partial charge in [-0.1, -0.05) is 19.0 Å². The lowest BCUT2D eigenvalue weighted by molar-refractivity contribution is 0.100. The third-order valence-corrected chi connectivity index (χ3v) is 3.30. The first-order valence-electron chi connectivity index (χ1n) is 6.18. The normalized spacial score (nSPS) is 15.5. The minimum absolute atomic E-state index is 0.165. The van der Waals surface area contributed by atoms with E-state index < -0.39 is 5.91 Å². The summed E-state index contributed by atoms with van der Waals surface area (Å²) in [6.07, 6.45) is 2.23. The quantitative estimate of drug-likeness (QED) is 0.899. The summed E-state index contributed by atoms with van der Waals surface area (Å²) in [5.41, 5.74) is 8.00. The monoisotopic (exact) mass is 245 g/mol. The number of rotatable bonds is 3. The fourth-order valence-electron chi connectivity index (χ4n) is 2.17. The molecule has 0 radical (unpaired) electrons. The van der Waals surface area contributed by atoms with Gasteiger partial charge in [0.1, 0.15) is 0 Å². The molecule has 0 aliphatic heterocycles. The van der Waals surface area contributed by atoms with Crippen LogP contribution in [0.2, 0.25) is 0 Å². The highest BCUT2D eigenvalue weighted by molar-refractivity contribution is 6.05. The number of aromatic nitrogens is 2. The zero-order valence-electron chi connectivity index (χ0n) is 10.4. The number of nitrogens with two attached hydrogens (primary N) is 1. The molecule has 5 nitrogen and oxygen atoms in total. The predicted molar refractivity (Wildman–Crippen MR) is 66.4 cm³/mol. The topological polar surface area (TPSA) is 82.0 Å². The molecular weight excluding hydrogens is 230 g/mol. The van der Waals surface area contributed by atoms with E-state index in [4.69, 9.17) is 10.3 Å². The molecule has 2 heterocycles. The average molecular weight is 245 g/mol. The van der Waals surface area contributed by atoms with Crippen molar-refractivity contribution < 1.29 is 9.32 Å². The Morgan fingerprint density at radius 1 is 1.50 bits per heavy atom. The number of pyridine rings is 1. The molecule has 5 heteroatoms. The van der Waals surface area contributed by atoms with Crippen molar-refractivity contribution in [2.24, 2.45) is 5.73 Å². The Labute approximate surface area is 104 Å². The summed E-state index contributed by atoms with van der Waals surface area (Å²) in [4.78, 5) is 16.1. The molecule has 1 aliphatic rings. The molecular formula is C13H15N3O2. The molecule has 0 saturated heterocycles. The summed E-state index contributed by atoms with van der Waals surface area (Å²) < 4.78 is 5.25. The van der Waals surface area contributed by atoms with E-state index in [1.54, 1.807) is 6.07 Å². The first kappa shape index (κ1) is 11.2. The largest absolute Gasteiger partial charge is 0.366 e. The Morgan fingerprint density at radius 3 is 2.78 bits per heavy atom. The molecule has 0 aromatic carbocycles. The van der Waals surface area contributed by atoms with Gasteiger partial charge < -0.3 is 10.3 Å². The van der Waals surface area contributed by atoms with Gasteiger partial charge in [0.25, 0.3) is 5.71 Å². The van der Waals surface area contributed by atoms with Crippen molar-refractivity contribution in [1.29, 1.82) is 0 Å². The van der Waals surface area contributed by atoms with Crippen LogP contribution in [0.15, 0.2) is 10.6 Å². The van der Waals surface area contributed by atoms with Crippen LogP contribution in [0.25, 0.3) is 11.1 Å². The van der Waals surface area contributed by atoms with Crippen LogP contribution in [-0.4, -0.2) is 16.0 Å². The van der Waals surface area contributed by atoms with Crippen molar-refractivity contribution in [3.63, 3.8) is 0 Å². The lowest BCUT2D eigenvalue weighted by atomic mass is 10.0. The lowest BCUT2D eigenvalue weighted by Gasteiger charge is -2.04. The van der Waals surface area contributed by atoms with Crippen molar-refractivity contribution >= 4 is 17.0 Å². The van der Waals surface area contributed by atoms with Gasteiger partial charge >= 0.3 is 0 Å². The second-order valence-corrected chi connectivity index (χ2v) is 5.14. The standard InChI is InChI=1S/C13H15N3O2/c1-6(2)11-10-8(12(14)17)5-9(7-3-4-7)15-13(10)18-16-11/h5-7H,3-4H2,1-2H3,(H2,14,17). The maximum absolute atomic E-state index is 11.6. The number of carbonyl (C=O) groups is 1. The molecule has 2 aromatic rings. The van der Waals surface area contributed by atoms with Gasteiger partial charge in [-0.25, -0.2) is 4.98 Å². The fraction of sp³-hybridized carbons (Fsp3) is 0.462. The van der Waals surface area contributed by atoms with Crippen molar-refractivity contribution in [3.05, 3.63) is 23.0 Å². The SMILES string of the molecule is CC(C)c1noc2nc(C3CC3)cc(C(N)=O)c12. The number of nitrogens with zero attached hydrogens (tertiary/aromatic N) is 2. The van der Waals surface area contributed by atoms with Crippen molar-refractivity contribution in [1.82, 2.24) is 10.1 Å².